The molecule has 7 heteroatoms. The summed E-state index contributed by atoms with van der Waals surface area (Å²) in [5.74, 6) is -1.63. The van der Waals surface area contributed by atoms with E-state index in [0.29, 0.717) is 24.6 Å². The summed E-state index contributed by atoms with van der Waals surface area (Å²) < 4.78 is 5.27. The van der Waals surface area contributed by atoms with E-state index in [4.69, 9.17) is 4.74 Å². The van der Waals surface area contributed by atoms with Gasteiger partial charge in [0.15, 0.2) is 6.10 Å². The highest BCUT2D eigenvalue weighted by molar-refractivity contribution is 6.22. The number of carbonyl (C=O) groups excluding carboxylic acids is 4. The predicted octanol–water partition coefficient (Wildman–Crippen LogP) is 3.82. The zero-order valence-electron chi connectivity index (χ0n) is 18.1. The van der Waals surface area contributed by atoms with Gasteiger partial charge in [0.2, 0.25) is 0 Å². The Morgan fingerprint density at radius 1 is 1.00 bits per heavy atom. The van der Waals surface area contributed by atoms with Crippen LogP contribution in [0.25, 0.3) is 0 Å². The van der Waals surface area contributed by atoms with Crippen molar-refractivity contribution in [3.63, 3.8) is 0 Å². The van der Waals surface area contributed by atoms with Crippen LogP contribution in [-0.4, -0.2) is 41.2 Å². The van der Waals surface area contributed by atoms with Crippen molar-refractivity contribution in [1.82, 2.24) is 4.90 Å². The van der Waals surface area contributed by atoms with E-state index in [1.807, 2.05) is 32.9 Å². The topological polar surface area (TPSA) is 92.8 Å². The number of anilines is 1. The normalized spacial score (nSPS) is 13.9. The number of amides is 3. The molecular formula is C24H26N2O5. The fraction of sp³-hybridized carbons (Fsp3) is 0.333. The summed E-state index contributed by atoms with van der Waals surface area (Å²) in [6.45, 7) is 7.74. The van der Waals surface area contributed by atoms with Gasteiger partial charge in [-0.2, -0.15) is 0 Å². The van der Waals surface area contributed by atoms with Crippen LogP contribution < -0.4 is 5.32 Å². The summed E-state index contributed by atoms with van der Waals surface area (Å²) in [7, 11) is 0. The summed E-state index contributed by atoms with van der Waals surface area (Å²) in [4.78, 5) is 51.2. The number of nitrogens with one attached hydrogen (secondary N) is 1. The Morgan fingerprint density at radius 2 is 1.71 bits per heavy atom. The van der Waals surface area contributed by atoms with E-state index in [-0.39, 0.29) is 22.6 Å². The van der Waals surface area contributed by atoms with Crippen LogP contribution in [0, 0.1) is 12.8 Å². The minimum Gasteiger partial charge on any atom is -0.449 e. The minimum atomic E-state index is -1.04. The van der Waals surface area contributed by atoms with Crippen LogP contribution in [0.4, 0.5) is 5.69 Å². The van der Waals surface area contributed by atoms with Crippen LogP contribution in [0.5, 0.6) is 0 Å². The van der Waals surface area contributed by atoms with Crippen LogP contribution in [0.1, 0.15) is 63.8 Å². The van der Waals surface area contributed by atoms with Gasteiger partial charge in [0.25, 0.3) is 17.7 Å². The molecule has 0 unspecified atom stereocenters. The van der Waals surface area contributed by atoms with Crippen molar-refractivity contribution in [3.05, 3.63) is 64.7 Å². The summed E-state index contributed by atoms with van der Waals surface area (Å²) in [6, 6.07) is 11.5. The molecule has 3 amide bonds. The molecule has 31 heavy (non-hydrogen) atoms. The highest BCUT2D eigenvalue weighted by Gasteiger charge is 2.36. The number of carbonyl (C=O) groups is 4. The Bertz CT molecular complexity index is 1040. The van der Waals surface area contributed by atoms with Gasteiger partial charge in [-0.25, -0.2) is 4.79 Å². The molecule has 0 spiro atoms. The third kappa shape index (κ3) is 4.99. The van der Waals surface area contributed by atoms with Crippen LogP contribution >= 0.6 is 0 Å². The van der Waals surface area contributed by atoms with Crippen molar-refractivity contribution in [2.45, 2.75) is 40.2 Å². The first-order valence-corrected chi connectivity index (χ1v) is 10.3. The number of nitrogens with zero attached hydrogens (tertiary/aromatic N) is 1. The average molecular weight is 422 g/mol. The van der Waals surface area contributed by atoms with Gasteiger partial charge in [0.05, 0.1) is 16.7 Å². The van der Waals surface area contributed by atoms with E-state index >= 15 is 0 Å². The van der Waals surface area contributed by atoms with Gasteiger partial charge in [-0.3, -0.25) is 19.3 Å². The number of esters is 1. The molecule has 0 fully saturated rings. The van der Waals surface area contributed by atoms with E-state index in [0.717, 1.165) is 5.56 Å². The van der Waals surface area contributed by atoms with Crippen molar-refractivity contribution in [1.29, 1.82) is 0 Å². The van der Waals surface area contributed by atoms with Gasteiger partial charge >= 0.3 is 5.97 Å². The van der Waals surface area contributed by atoms with E-state index in [1.165, 1.54) is 30.0 Å². The van der Waals surface area contributed by atoms with Gasteiger partial charge in [-0.15, -0.1) is 0 Å². The highest BCUT2D eigenvalue weighted by Crippen LogP contribution is 2.25. The second-order valence-electron chi connectivity index (χ2n) is 8.11. The van der Waals surface area contributed by atoms with Crippen molar-refractivity contribution >= 4 is 29.4 Å². The zero-order chi connectivity index (χ0) is 22.7. The summed E-state index contributed by atoms with van der Waals surface area (Å²) in [6.07, 6.45) is -0.338. The average Bonchev–Trinajstić information content (AvgIpc) is 2.95. The predicted molar refractivity (Wildman–Crippen MR) is 116 cm³/mol. The first-order valence-electron chi connectivity index (χ1n) is 10.3. The molecule has 3 rings (SSSR count). The van der Waals surface area contributed by atoms with Crippen molar-refractivity contribution in [3.8, 4) is 0 Å². The van der Waals surface area contributed by atoms with E-state index < -0.39 is 23.9 Å². The van der Waals surface area contributed by atoms with E-state index in [2.05, 4.69) is 5.32 Å². The lowest BCUT2D eigenvalue weighted by Crippen LogP contribution is -2.31. The van der Waals surface area contributed by atoms with Crippen LogP contribution in [0.15, 0.2) is 42.5 Å². The first kappa shape index (κ1) is 22.2. The van der Waals surface area contributed by atoms with Crippen molar-refractivity contribution < 1.29 is 23.9 Å². The number of imide groups is 1. The lowest BCUT2D eigenvalue weighted by atomic mass is 10.1. The zero-order valence-corrected chi connectivity index (χ0v) is 18.1. The molecule has 0 saturated heterocycles. The second-order valence-corrected chi connectivity index (χ2v) is 8.11. The maximum absolute atomic E-state index is 12.6. The Morgan fingerprint density at radius 3 is 2.39 bits per heavy atom. The number of hydrogen-bond acceptors (Lipinski definition) is 5. The number of benzene rings is 2. The monoisotopic (exact) mass is 422 g/mol. The Balaban J connectivity index is 1.67. The molecular weight excluding hydrogens is 396 g/mol. The van der Waals surface area contributed by atoms with Gasteiger partial charge in [-0.05, 0) is 62.1 Å². The van der Waals surface area contributed by atoms with E-state index in [1.54, 1.807) is 12.1 Å². The molecule has 7 nitrogen and oxygen atoms in total. The summed E-state index contributed by atoms with van der Waals surface area (Å²) >= 11 is 0. The van der Waals surface area contributed by atoms with Crippen LogP contribution in [-0.2, 0) is 9.53 Å². The number of ether oxygens (including phenoxy) is 1. The van der Waals surface area contributed by atoms with Gasteiger partial charge in [0, 0.05) is 12.2 Å². The molecule has 0 aromatic heterocycles. The lowest BCUT2D eigenvalue weighted by Gasteiger charge is -2.14. The molecule has 1 aliphatic rings. The molecule has 2 aromatic rings. The molecule has 1 aliphatic heterocycles. The quantitative estimate of drug-likeness (QED) is 0.541. The second kappa shape index (κ2) is 9.12. The highest BCUT2D eigenvalue weighted by atomic mass is 16.5. The molecule has 0 aliphatic carbocycles. The first-order chi connectivity index (χ1) is 14.7. The number of fused-ring (bicyclic) bond motifs is 1. The summed E-state index contributed by atoms with van der Waals surface area (Å²) in [5, 5.41) is 2.70. The number of aryl methyl sites for hydroxylation is 1. The third-order valence-electron chi connectivity index (χ3n) is 5.08. The largest absolute Gasteiger partial charge is 0.449 e. The molecule has 162 valence electrons. The number of hydrogen-bond donors (Lipinski definition) is 1. The SMILES string of the molecule is Cc1cccc(NC(=O)[C@@H](C)OC(=O)c2ccc3c(c2)C(=O)N(CCC(C)C)C3=O)c1. The van der Waals surface area contributed by atoms with Gasteiger partial charge in [-0.1, -0.05) is 26.0 Å². The molecule has 1 heterocycles. The minimum absolute atomic E-state index is 0.112. The van der Waals surface area contributed by atoms with E-state index in [9.17, 15) is 19.2 Å². The molecule has 0 radical (unpaired) electrons. The van der Waals surface area contributed by atoms with Crippen LogP contribution in [0.2, 0.25) is 0 Å². The lowest BCUT2D eigenvalue weighted by molar-refractivity contribution is -0.123. The molecule has 0 saturated carbocycles. The van der Waals surface area contributed by atoms with Crippen LogP contribution in [0.3, 0.4) is 0 Å². The molecule has 2 aromatic carbocycles. The fourth-order valence-electron chi connectivity index (χ4n) is 3.26. The summed E-state index contributed by atoms with van der Waals surface area (Å²) in [5.41, 5.74) is 2.16. The molecule has 0 bridgehead atoms. The third-order valence-corrected chi connectivity index (χ3v) is 5.08. The maximum Gasteiger partial charge on any atom is 0.338 e. The smallest absolute Gasteiger partial charge is 0.338 e. The van der Waals surface area contributed by atoms with Gasteiger partial charge in [0.1, 0.15) is 0 Å². The van der Waals surface area contributed by atoms with Crippen molar-refractivity contribution in [2.75, 3.05) is 11.9 Å². The molecule has 1 atom stereocenters. The Labute approximate surface area is 181 Å². The maximum atomic E-state index is 12.6. The fourth-order valence-corrected chi connectivity index (χ4v) is 3.26. The Kier molecular flexibility index (Phi) is 6.53. The Hall–Kier alpha value is -3.48. The molecule has 1 N–H and O–H groups in total. The van der Waals surface area contributed by atoms with Gasteiger partial charge < -0.3 is 10.1 Å². The van der Waals surface area contributed by atoms with Crippen molar-refractivity contribution in [2.24, 2.45) is 5.92 Å². The number of rotatable bonds is 7. The standard InChI is InChI=1S/C24H26N2O5/c1-14(2)10-11-26-22(28)19-9-8-17(13-20(19)23(26)29)24(30)31-16(4)21(27)25-18-7-5-6-15(3)12-18/h5-9,12-14,16H,10-11H2,1-4H3,(H,25,27)/t16-/m1/s1.